The average Bonchev–Trinajstić information content (AvgIpc) is 3.14. The molecule has 5 heteroatoms. The van der Waals surface area contributed by atoms with Crippen molar-refractivity contribution in [1.29, 1.82) is 0 Å². The molecule has 4 nitrogen and oxygen atoms in total. The SMILES string of the molecule is CN(C(=O)/C=C/c1cscn1)c1ccc(Oc2ccccc2)cc1. The number of carbonyl (C=O) groups excluding carboxylic acids is 1. The van der Waals surface area contributed by atoms with Crippen molar-refractivity contribution < 1.29 is 9.53 Å². The summed E-state index contributed by atoms with van der Waals surface area (Å²) in [6.07, 6.45) is 3.23. The van der Waals surface area contributed by atoms with Crippen molar-refractivity contribution in [3.8, 4) is 11.5 Å². The summed E-state index contributed by atoms with van der Waals surface area (Å²) in [6.45, 7) is 0. The van der Waals surface area contributed by atoms with E-state index in [0.717, 1.165) is 22.9 Å². The average molecular weight is 336 g/mol. The highest BCUT2D eigenvalue weighted by Crippen LogP contribution is 2.24. The van der Waals surface area contributed by atoms with Crippen LogP contribution in [0.3, 0.4) is 0 Å². The molecule has 0 N–H and O–H groups in total. The van der Waals surface area contributed by atoms with Gasteiger partial charge in [-0.05, 0) is 42.5 Å². The number of para-hydroxylation sites is 1. The van der Waals surface area contributed by atoms with E-state index < -0.39 is 0 Å². The maximum absolute atomic E-state index is 12.2. The number of anilines is 1. The lowest BCUT2D eigenvalue weighted by Gasteiger charge is -2.15. The van der Waals surface area contributed by atoms with Gasteiger partial charge >= 0.3 is 0 Å². The third-order valence-electron chi connectivity index (χ3n) is 3.38. The monoisotopic (exact) mass is 336 g/mol. The molecule has 24 heavy (non-hydrogen) atoms. The van der Waals surface area contributed by atoms with Gasteiger partial charge in [0, 0.05) is 24.2 Å². The van der Waals surface area contributed by atoms with E-state index in [9.17, 15) is 4.79 Å². The lowest BCUT2D eigenvalue weighted by atomic mass is 10.2. The van der Waals surface area contributed by atoms with Crippen molar-refractivity contribution in [2.24, 2.45) is 0 Å². The molecule has 0 aliphatic rings. The number of carbonyl (C=O) groups is 1. The minimum absolute atomic E-state index is 0.111. The van der Waals surface area contributed by atoms with Crippen LogP contribution in [0.5, 0.6) is 11.5 Å². The first-order valence-corrected chi connectivity index (χ1v) is 8.33. The highest BCUT2D eigenvalue weighted by molar-refractivity contribution is 7.07. The van der Waals surface area contributed by atoms with Gasteiger partial charge < -0.3 is 9.64 Å². The zero-order chi connectivity index (χ0) is 16.8. The second-order valence-corrected chi connectivity index (χ2v) is 5.77. The molecule has 0 unspecified atom stereocenters. The van der Waals surface area contributed by atoms with Gasteiger partial charge in [-0.3, -0.25) is 4.79 Å². The minimum atomic E-state index is -0.111. The van der Waals surface area contributed by atoms with Crippen LogP contribution >= 0.6 is 11.3 Å². The molecule has 0 radical (unpaired) electrons. The molecule has 0 fully saturated rings. The van der Waals surface area contributed by atoms with E-state index in [0.29, 0.717) is 0 Å². The van der Waals surface area contributed by atoms with E-state index in [2.05, 4.69) is 4.98 Å². The molecule has 2 aromatic carbocycles. The van der Waals surface area contributed by atoms with Crippen molar-refractivity contribution >= 4 is 29.0 Å². The Morgan fingerprint density at radius 2 is 1.79 bits per heavy atom. The fourth-order valence-electron chi connectivity index (χ4n) is 2.06. The van der Waals surface area contributed by atoms with Gasteiger partial charge in [-0.15, -0.1) is 11.3 Å². The summed E-state index contributed by atoms with van der Waals surface area (Å²) in [5.41, 5.74) is 3.32. The van der Waals surface area contributed by atoms with Crippen molar-refractivity contribution in [2.75, 3.05) is 11.9 Å². The van der Waals surface area contributed by atoms with E-state index in [1.807, 2.05) is 60.0 Å². The van der Waals surface area contributed by atoms with Crippen LogP contribution in [0.2, 0.25) is 0 Å². The van der Waals surface area contributed by atoms with Crippen LogP contribution in [0.1, 0.15) is 5.69 Å². The molecule has 3 rings (SSSR count). The van der Waals surface area contributed by atoms with E-state index in [4.69, 9.17) is 4.74 Å². The number of amides is 1. The highest BCUT2D eigenvalue weighted by atomic mass is 32.1. The van der Waals surface area contributed by atoms with Crippen molar-refractivity contribution in [2.45, 2.75) is 0 Å². The smallest absolute Gasteiger partial charge is 0.250 e. The Morgan fingerprint density at radius 1 is 1.08 bits per heavy atom. The van der Waals surface area contributed by atoms with Crippen molar-refractivity contribution in [3.63, 3.8) is 0 Å². The summed E-state index contributed by atoms with van der Waals surface area (Å²) in [7, 11) is 1.74. The molecule has 0 aliphatic carbocycles. The Labute approximate surface area is 144 Å². The molecule has 120 valence electrons. The Balaban J connectivity index is 1.65. The maximum atomic E-state index is 12.2. The number of aromatic nitrogens is 1. The number of hydrogen-bond donors (Lipinski definition) is 0. The first-order valence-electron chi connectivity index (χ1n) is 7.39. The summed E-state index contributed by atoms with van der Waals surface area (Å²) in [5, 5.41) is 1.89. The first kappa shape index (κ1) is 16.0. The Morgan fingerprint density at radius 3 is 2.46 bits per heavy atom. The zero-order valence-corrected chi connectivity index (χ0v) is 13.9. The van der Waals surface area contributed by atoms with Gasteiger partial charge in [0.1, 0.15) is 11.5 Å². The molecule has 0 saturated carbocycles. The number of benzene rings is 2. The highest BCUT2D eigenvalue weighted by Gasteiger charge is 2.08. The maximum Gasteiger partial charge on any atom is 0.250 e. The first-order chi connectivity index (χ1) is 11.7. The van der Waals surface area contributed by atoms with Gasteiger partial charge in [0.2, 0.25) is 0 Å². The van der Waals surface area contributed by atoms with Crippen molar-refractivity contribution in [3.05, 3.63) is 77.3 Å². The third-order valence-corrected chi connectivity index (χ3v) is 3.99. The topological polar surface area (TPSA) is 42.4 Å². The number of ether oxygens (including phenoxy) is 1. The fraction of sp³-hybridized carbons (Fsp3) is 0.0526. The van der Waals surface area contributed by atoms with Gasteiger partial charge in [0.25, 0.3) is 5.91 Å². The summed E-state index contributed by atoms with van der Waals surface area (Å²) in [5.74, 6) is 1.39. The number of rotatable bonds is 5. The molecule has 0 bridgehead atoms. The zero-order valence-electron chi connectivity index (χ0n) is 13.1. The van der Waals surface area contributed by atoms with Crippen LogP contribution in [0.25, 0.3) is 6.08 Å². The molecular weight excluding hydrogens is 320 g/mol. The second kappa shape index (κ2) is 7.57. The van der Waals surface area contributed by atoms with Crippen LogP contribution in [-0.4, -0.2) is 17.9 Å². The molecule has 1 heterocycles. The van der Waals surface area contributed by atoms with Crippen LogP contribution < -0.4 is 9.64 Å². The summed E-state index contributed by atoms with van der Waals surface area (Å²) in [4.78, 5) is 17.9. The fourth-order valence-corrected chi connectivity index (χ4v) is 2.58. The van der Waals surface area contributed by atoms with E-state index in [-0.39, 0.29) is 5.91 Å². The van der Waals surface area contributed by atoms with Gasteiger partial charge in [-0.25, -0.2) is 4.98 Å². The third kappa shape index (κ3) is 4.08. The predicted molar refractivity (Wildman–Crippen MR) is 97.5 cm³/mol. The molecule has 0 saturated heterocycles. The summed E-state index contributed by atoms with van der Waals surface area (Å²) >= 11 is 1.50. The molecule has 3 aromatic rings. The number of hydrogen-bond acceptors (Lipinski definition) is 4. The lowest BCUT2D eigenvalue weighted by molar-refractivity contribution is -0.113. The summed E-state index contributed by atoms with van der Waals surface area (Å²) < 4.78 is 5.75. The van der Waals surface area contributed by atoms with Gasteiger partial charge in [0.05, 0.1) is 11.2 Å². The lowest BCUT2D eigenvalue weighted by Crippen LogP contribution is -2.23. The largest absolute Gasteiger partial charge is 0.457 e. The standard InChI is InChI=1S/C19H16N2O2S/c1-21(19(22)12-7-15-13-24-14-20-15)16-8-10-18(11-9-16)23-17-5-3-2-4-6-17/h2-14H,1H3/b12-7+. The van der Waals surface area contributed by atoms with E-state index >= 15 is 0 Å². The van der Waals surface area contributed by atoms with Crippen molar-refractivity contribution in [1.82, 2.24) is 4.98 Å². The molecule has 0 atom stereocenters. The molecule has 1 amide bonds. The molecule has 0 aliphatic heterocycles. The quantitative estimate of drug-likeness (QED) is 0.639. The second-order valence-electron chi connectivity index (χ2n) is 5.05. The van der Waals surface area contributed by atoms with Crippen LogP contribution in [0.15, 0.2) is 71.6 Å². The normalized spacial score (nSPS) is 10.7. The molecular formula is C19H16N2O2S. The van der Waals surface area contributed by atoms with Gasteiger partial charge in [0.15, 0.2) is 0 Å². The Kier molecular flexibility index (Phi) is 5.03. The van der Waals surface area contributed by atoms with E-state index in [1.165, 1.54) is 17.4 Å². The number of thiazole rings is 1. The predicted octanol–water partition coefficient (Wildman–Crippen LogP) is 4.61. The van der Waals surface area contributed by atoms with Crippen LogP contribution in [0, 0.1) is 0 Å². The van der Waals surface area contributed by atoms with Crippen LogP contribution in [-0.2, 0) is 4.79 Å². The van der Waals surface area contributed by atoms with E-state index in [1.54, 1.807) is 23.5 Å². The van der Waals surface area contributed by atoms with Gasteiger partial charge in [-0.2, -0.15) is 0 Å². The summed E-state index contributed by atoms with van der Waals surface area (Å²) in [6, 6.07) is 17.0. The number of nitrogens with zero attached hydrogens (tertiary/aromatic N) is 2. The minimum Gasteiger partial charge on any atom is -0.457 e. The molecule has 0 spiro atoms. The Hall–Kier alpha value is -2.92. The van der Waals surface area contributed by atoms with Gasteiger partial charge in [-0.1, -0.05) is 18.2 Å². The van der Waals surface area contributed by atoms with Crippen LogP contribution in [0.4, 0.5) is 5.69 Å². The molecule has 1 aromatic heterocycles. The number of likely N-dealkylation sites (N-methyl/N-ethyl adjacent to an activating group) is 1. The Bertz CT molecular complexity index is 812.